The molecule has 1 aliphatic heterocycles. The molecule has 26 heavy (non-hydrogen) atoms. The van der Waals surface area contributed by atoms with Crippen LogP contribution in [0, 0.1) is 0 Å². The minimum absolute atomic E-state index is 0.0120. The first-order valence-corrected chi connectivity index (χ1v) is 10.3. The third kappa shape index (κ3) is 3.19. The van der Waals surface area contributed by atoms with Crippen molar-refractivity contribution in [3.05, 3.63) is 65.9 Å². The number of nitrogens with zero attached hydrogens (tertiary/aromatic N) is 2. The van der Waals surface area contributed by atoms with E-state index in [1.807, 2.05) is 35.2 Å². The topological polar surface area (TPSA) is 36.7 Å². The van der Waals surface area contributed by atoms with Gasteiger partial charge in [-0.25, -0.2) is 0 Å². The van der Waals surface area contributed by atoms with Gasteiger partial charge in [0.15, 0.2) is 5.76 Å². The van der Waals surface area contributed by atoms with E-state index in [1.54, 1.807) is 11.8 Å². The van der Waals surface area contributed by atoms with E-state index in [2.05, 4.69) is 35.4 Å². The third-order valence-corrected chi connectivity index (χ3v) is 5.45. The van der Waals surface area contributed by atoms with Crippen LogP contribution in [0.3, 0.4) is 0 Å². The maximum Gasteiger partial charge on any atom is 0.290 e. The number of carbonyl (C=O) groups is 1. The van der Waals surface area contributed by atoms with Crippen LogP contribution >= 0.6 is 11.8 Å². The maximum atomic E-state index is 13.1. The Morgan fingerprint density at radius 3 is 2.42 bits per heavy atom. The van der Waals surface area contributed by atoms with Crippen LogP contribution in [0.4, 0.5) is 5.69 Å². The lowest BCUT2D eigenvalue weighted by atomic mass is 10.1. The van der Waals surface area contributed by atoms with E-state index >= 15 is 0 Å². The van der Waals surface area contributed by atoms with Gasteiger partial charge in [0.05, 0.1) is 0 Å². The highest BCUT2D eigenvalue weighted by Gasteiger charge is 2.27. The van der Waals surface area contributed by atoms with E-state index in [-0.39, 0.29) is 5.91 Å². The molecule has 0 saturated carbocycles. The Kier molecular flexibility index (Phi) is 4.89. The van der Waals surface area contributed by atoms with Gasteiger partial charge in [-0.15, -0.1) is 0 Å². The van der Waals surface area contributed by atoms with Gasteiger partial charge < -0.3 is 14.2 Å². The number of amides is 1. The van der Waals surface area contributed by atoms with Gasteiger partial charge >= 0.3 is 0 Å². The third-order valence-electron chi connectivity index (χ3n) is 4.87. The number of fused-ring (bicyclic) bond motifs is 1. The zero-order valence-electron chi connectivity index (χ0n) is 14.9. The van der Waals surface area contributed by atoms with Gasteiger partial charge in [-0.05, 0) is 24.5 Å². The molecule has 2 heterocycles. The van der Waals surface area contributed by atoms with Crippen molar-refractivity contribution in [2.75, 3.05) is 37.3 Å². The first-order chi connectivity index (χ1) is 12.8. The van der Waals surface area contributed by atoms with Crippen molar-refractivity contribution in [3.8, 4) is 0 Å². The van der Waals surface area contributed by atoms with Crippen molar-refractivity contribution in [1.82, 2.24) is 4.90 Å². The molecule has 1 fully saturated rings. The van der Waals surface area contributed by atoms with Crippen molar-refractivity contribution in [2.45, 2.75) is 5.75 Å². The first kappa shape index (κ1) is 17.0. The molecule has 0 unspecified atom stereocenters. The van der Waals surface area contributed by atoms with E-state index in [0.29, 0.717) is 18.8 Å². The fraction of sp³-hybridized carbons (Fsp3) is 0.286. The van der Waals surface area contributed by atoms with Crippen molar-refractivity contribution >= 4 is 34.3 Å². The zero-order valence-corrected chi connectivity index (χ0v) is 15.7. The van der Waals surface area contributed by atoms with Gasteiger partial charge in [-0.2, -0.15) is 11.8 Å². The average Bonchev–Trinajstić information content (AvgIpc) is 3.07. The number of furan rings is 1. The number of hydrogen-bond acceptors (Lipinski definition) is 4. The molecule has 134 valence electrons. The summed E-state index contributed by atoms with van der Waals surface area (Å²) in [6.07, 6.45) is 2.05. The van der Waals surface area contributed by atoms with Gasteiger partial charge in [-0.3, -0.25) is 4.79 Å². The van der Waals surface area contributed by atoms with E-state index in [9.17, 15) is 4.79 Å². The van der Waals surface area contributed by atoms with Crippen LogP contribution in [-0.4, -0.2) is 43.2 Å². The van der Waals surface area contributed by atoms with Crippen LogP contribution in [0.5, 0.6) is 0 Å². The second-order valence-electron chi connectivity index (χ2n) is 6.45. The quantitative estimate of drug-likeness (QED) is 0.691. The van der Waals surface area contributed by atoms with Crippen molar-refractivity contribution < 1.29 is 9.21 Å². The van der Waals surface area contributed by atoms with Crippen LogP contribution in [0.25, 0.3) is 11.0 Å². The van der Waals surface area contributed by atoms with Crippen LogP contribution in [0.2, 0.25) is 0 Å². The number of carbonyl (C=O) groups excluding carboxylic acids is 1. The van der Waals surface area contributed by atoms with Crippen LogP contribution in [0.15, 0.2) is 59.0 Å². The van der Waals surface area contributed by atoms with Crippen LogP contribution < -0.4 is 4.90 Å². The summed E-state index contributed by atoms with van der Waals surface area (Å²) in [6.45, 7) is 3.11. The molecule has 4 nitrogen and oxygen atoms in total. The molecule has 3 aromatic rings. The van der Waals surface area contributed by atoms with Crippen molar-refractivity contribution in [1.29, 1.82) is 0 Å². The molecule has 0 bridgehead atoms. The SMILES string of the molecule is CSCc1c(C(=O)N2CCN(c3ccccc3)CC2)oc2ccccc12. The Hall–Kier alpha value is -2.40. The Balaban J connectivity index is 1.54. The zero-order chi connectivity index (χ0) is 17.9. The van der Waals surface area contributed by atoms with Crippen molar-refractivity contribution in [2.24, 2.45) is 0 Å². The Morgan fingerprint density at radius 1 is 1.00 bits per heavy atom. The largest absolute Gasteiger partial charge is 0.451 e. The summed E-state index contributed by atoms with van der Waals surface area (Å²) >= 11 is 1.71. The molecular weight excluding hydrogens is 344 g/mol. The molecular formula is C21H22N2O2S. The maximum absolute atomic E-state index is 13.1. The summed E-state index contributed by atoms with van der Waals surface area (Å²) in [7, 11) is 0. The fourth-order valence-corrected chi connectivity index (χ4v) is 4.08. The van der Waals surface area contributed by atoms with E-state index in [1.165, 1.54) is 5.69 Å². The highest BCUT2D eigenvalue weighted by Crippen LogP contribution is 2.30. The molecule has 1 saturated heterocycles. The van der Waals surface area contributed by atoms with Crippen LogP contribution in [0.1, 0.15) is 16.1 Å². The fourth-order valence-electron chi connectivity index (χ4n) is 3.51. The molecule has 0 atom stereocenters. The predicted octanol–water partition coefficient (Wildman–Crippen LogP) is 4.26. The number of anilines is 1. The number of thioether (sulfide) groups is 1. The highest BCUT2D eigenvalue weighted by atomic mass is 32.2. The Bertz CT molecular complexity index is 899. The standard InChI is InChI=1S/C21H22N2O2S/c1-26-15-18-17-9-5-6-10-19(17)25-20(18)21(24)23-13-11-22(12-14-23)16-7-3-2-4-8-16/h2-10H,11-15H2,1H3. The second-order valence-corrected chi connectivity index (χ2v) is 7.32. The predicted molar refractivity (Wildman–Crippen MR) is 108 cm³/mol. The normalized spacial score (nSPS) is 14.8. The molecule has 4 rings (SSSR count). The molecule has 2 aromatic carbocycles. The number of rotatable bonds is 4. The average molecular weight is 366 g/mol. The molecule has 0 spiro atoms. The monoisotopic (exact) mass is 366 g/mol. The van der Waals surface area contributed by atoms with E-state index < -0.39 is 0 Å². The molecule has 0 radical (unpaired) electrons. The van der Waals surface area contributed by atoms with E-state index in [0.717, 1.165) is 35.4 Å². The first-order valence-electron chi connectivity index (χ1n) is 8.86. The summed E-state index contributed by atoms with van der Waals surface area (Å²) in [5.74, 6) is 1.30. The summed E-state index contributed by atoms with van der Waals surface area (Å²) in [5, 5.41) is 1.05. The highest BCUT2D eigenvalue weighted by molar-refractivity contribution is 7.97. The molecule has 1 aromatic heterocycles. The lowest BCUT2D eigenvalue weighted by molar-refractivity contribution is 0.0716. The smallest absolute Gasteiger partial charge is 0.290 e. The minimum Gasteiger partial charge on any atom is -0.451 e. The Morgan fingerprint density at radius 2 is 1.69 bits per heavy atom. The molecule has 0 aliphatic carbocycles. The molecule has 0 N–H and O–H groups in total. The van der Waals surface area contributed by atoms with E-state index in [4.69, 9.17) is 4.42 Å². The lowest BCUT2D eigenvalue weighted by Gasteiger charge is -2.35. The minimum atomic E-state index is 0.0120. The number of hydrogen-bond donors (Lipinski definition) is 0. The summed E-state index contributed by atoms with van der Waals surface area (Å²) in [4.78, 5) is 17.4. The summed E-state index contributed by atoms with van der Waals surface area (Å²) in [6, 6.07) is 18.3. The van der Waals surface area contributed by atoms with Crippen LogP contribution in [-0.2, 0) is 5.75 Å². The van der Waals surface area contributed by atoms with Gasteiger partial charge in [0.25, 0.3) is 5.91 Å². The van der Waals surface area contributed by atoms with Crippen molar-refractivity contribution in [3.63, 3.8) is 0 Å². The summed E-state index contributed by atoms with van der Waals surface area (Å²) in [5.41, 5.74) is 3.03. The Labute approximate surface area is 157 Å². The number of piperazine rings is 1. The lowest BCUT2D eigenvalue weighted by Crippen LogP contribution is -2.48. The summed E-state index contributed by atoms with van der Waals surface area (Å²) < 4.78 is 5.96. The second kappa shape index (κ2) is 7.46. The van der Waals surface area contributed by atoms with Gasteiger partial charge in [0, 0.05) is 48.6 Å². The number of benzene rings is 2. The molecule has 1 aliphatic rings. The van der Waals surface area contributed by atoms with Gasteiger partial charge in [0.2, 0.25) is 0 Å². The number of para-hydroxylation sites is 2. The molecule has 5 heteroatoms. The molecule has 1 amide bonds. The van der Waals surface area contributed by atoms with Gasteiger partial charge in [0.1, 0.15) is 5.58 Å². The van der Waals surface area contributed by atoms with Gasteiger partial charge in [-0.1, -0.05) is 36.4 Å².